The van der Waals surface area contributed by atoms with Crippen LogP contribution in [0.25, 0.3) is 0 Å². The molecule has 11 heteroatoms. The predicted molar refractivity (Wildman–Crippen MR) is 228 cm³/mol. The van der Waals surface area contributed by atoms with Crippen LogP contribution in [0.1, 0.15) is 200 Å². The highest BCUT2D eigenvalue weighted by Crippen LogP contribution is 2.43. The third kappa shape index (κ3) is 40.4. The molecule has 0 aliphatic heterocycles. The molecule has 0 bridgehead atoms. The van der Waals surface area contributed by atoms with Crippen LogP contribution in [0.3, 0.4) is 0 Å². The van der Waals surface area contributed by atoms with E-state index in [0.717, 1.165) is 70.6 Å². The number of unbranched alkanes of at least 4 members (excludes halogenated alkanes) is 22. The van der Waals surface area contributed by atoms with Gasteiger partial charge in [0.05, 0.1) is 19.8 Å². The Morgan fingerprint density at radius 3 is 1.46 bits per heavy atom. The highest BCUT2D eigenvalue weighted by Gasteiger charge is 2.27. The van der Waals surface area contributed by atoms with Crippen molar-refractivity contribution in [2.75, 3.05) is 26.4 Å². The molecule has 0 aromatic heterocycles. The number of carbonyl (C=O) groups is 2. The van der Waals surface area contributed by atoms with Crippen LogP contribution in [0.4, 0.5) is 0 Å². The average Bonchev–Trinajstić information content (AvgIpc) is 3.19. The highest BCUT2D eigenvalue weighted by molar-refractivity contribution is 7.47. The molecule has 0 rings (SSSR count). The molecule has 0 heterocycles. The lowest BCUT2D eigenvalue weighted by Crippen LogP contribution is -2.29. The Hall–Kier alpha value is -1.81. The lowest BCUT2D eigenvalue weighted by Gasteiger charge is -2.20. The van der Waals surface area contributed by atoms with Crippen LogP contribution in [-0.4, -0.2) is 65.7 Å². The summed E-state index contributed by atoms with van der Waals surface area (Å²) in [7, 11) is -4.62. The molecule has 0 amide bonds. The van der Waals surface area contributed by atoms with E-state index in [9.17, 15) is 24.2 Å². The number of phosphoric ester groups is 1. The van der Waals surface area contributed by atoms with Gasteiger partial charge in [0.25, 0.3) is 0 Å². The van der Waals surface area contributed by atoms with E-state index in [0.29, 0.717) is 12.8 Å². The van der Waals surface area contributed by atoms with E-state index >= 15 is 0 Å². The van der Waals surface area contributed by atoms with E-state index in [-0.39, 0.29) is 19.4 Å². The van der Waals surface area contributed by atoms with Gasteiger partial charge in [-0.05, 0) is 64.2 Å². The number of ether oxygens (including phenoxy) is 2. The molecule has 0 saturated heterocycles. The Morgan fingerprint density at radius 1 is 0.536 bits per heavy atom. The number of hydrogen-bond donors (Lipinski definition) is 3. The third-order valence-electron chi connectivity index (χ3n) is 9.50. The van der Waals surface area contributed by atoms with Gasteiger partial charge < -0.3 is 24.6 Å². The molecule has 3 unspecified atom stereocenters. The van der Waals surface area contributed by atoms with Crippen LogP contribution < -0.4 is 0 Å². The van der Waals surface area contributed by atoms with Gasteiger partial charge in [-0.3, -0.25) is 18.6 Å². The van der Waals surface area contributed by atoms with Gasteiger partial charge in [-0.25, -0.2) is 4.57 Å². The highest BCUT2D eigenvalue weighted by atomic mass is 31.2. The Labute approximate surface area is 341 Å². The van der Waals surface area contributed by atoms with E-state index in [1.807, 2.05) is 0 Å². The molecule has 0 aliphatic carbocycles. The lowest BCUT2D eigenvalue weighted by atomic mass is 10.0. The van der Waals surface area contributed by atoms with Gasteiger partial charge in [0.15, 0.2) is 6.10 Å². The normalized spacial score (nSPS) is 14.2. The molecule has 0 spiro atoms. The Bertz CT molecular complexity index is 1030. The summed E-state index contributed by atoms with van der Waals surface area (Å²) >= 11 is 0. The van der Waals surface area contributed by atoms with Gasteiger partial charge in [0, 0.05) is 12.8 Å². The summed E-state index contributed by atoms with van der Waals surface area (Å²) in [6.45, 7) is 2.30. The van der Waals surface area contributed by atoms with Crippen molar-refractivity contribution < 1.29 is 47.8 Å². The van der Waals surface area contributed by atoms with Crippen molar-refractivity contribution in [3.05, 3.63) is 36.5 Å². The van der Waals surface area contributed by atoms with Crippen molar-refractivity contribution >= 4 is 19.8 Å². The number of allylic oxidation sites excluding steroid dienone is 6. The van der Waals surface area contributed by atoms with Gasteiger partial charge in [-0.1, -0.05) is 159 Å². The fraction of sp³-hybridized carbons (Fsp3) is 0.822. The molecule has 56 heavy (non-hydrogen) atoms. The summed E-state index contributed by atoms with van der Waals surface area (Å²) in [5, 5.41) is 18.3. The maximum Gasteiger partial charge on any atom is 0.472 e. The van der Waals surface area contributed by atoms with Crippen molar-refractivity contribution in [3.8, 4) is 0 Å². The van der Waals surface area contributed by atoms with Gasteiger partial charge >= 0.3 is 19.8 Å². The van der Waals surface area contributed by atoms with E-state index in [1.54, 1.807) is 0 Å². The summed E-state index contributed by atoms with van der Waals surface area (Å²) < 4.78 is 32.7. The molecule has 328 valence electrons. The predicted octanol–water partition coefficient (Wildman–Crippen LogP) is 11.9. The molecular weight excluding hydrogens is 731 g/mol. The molecule has 0 saturated carbocycles. The Morgan fingerprint density at radius 2 is 0.964 bits per heavy atom. The molecule has 10 nitrogen and oxygen atoms in total. The Kier molecular flexibility index (Phi) is 40.0. The summed E-state index contributed by atoms with van der Waals surface area (Å²) in [5.41, 5.74) is 0. The quantitative estimate of drug-likeness (QED) is 0.0235. The molecule has 0 fully saturated rings. The number of carbonyl (C=O) groups excluding carboxylic acids is 2. The second kappa shape index (κ2) is 41.4. The lowest BCUT2D eigenvalue weighted by molar-refractivity contribution is -0.161. The standard InChI is InChI=1S/C45H83O10P/c1-3-5-7-9-11-13-15-16-17-18-19-20-21-22-23-24-25-26-27-29-31-33-35-37-45(49)55-43(41-54-56(50,51)53-39-42(47)38-46)40-52-44(48)36-34-32-30-28-14-12-10-8-6-4-2/h8,10,15-16,18-19,42-43,46-47H,3-7,9,11-14,17,20-41H2,1-2H3,(H,50,51)/b10-8-,16-15-,19-18-. The molecule has 0 radical (unpaired) electrons. The summed E-state index contributed by atoms with van der Waals surface area (Å²) in [4.78, 5) is 34.9. The van der Waals surface area contributed by atoms with Crippen LogP contribution in [0.5, 0.6) is 0 Å². The van der Waals surface area contributed by atoms with Crippen LogP contribution in [0, 0.1) is 0 Å². The Balaban J connectivity index is 4.17. The number of phosphoric acid groups is 1. The number of esters is 2. The zero-order chi connectivity index (χ0) is 41.2. The van der Waals surface area contributed by atoms with Gasteiger partial charge in [-0.2, -0.15) is 0 Å². The minimum atomic E-state index is -4.62. The van der Waals surface area contributed by atoms with Gasteiger partial charge in [0.1, 0.15) is 12.7 Å². The van der Waals surface area contributed by atoms with Crippen molar-refractivity contribution in [1.82, 2.24) is 0 Å². The number of hydrogen-bond acceptors (Lipinski definition) is 9. The molecule has 0 aromatic carbocycles. The fourth-order valence-corrected chi connectivity index (χ4v) is 6.82. The minimum Gasteiger partial charge on any atom is -0.462 e. The molecule has 3 atom stereocenters. The van der Waals surface area contributed by atoms with Crippen molar-refractivity contribution in [3.63, 3.8) is 0 Å². The first-order valence-corrected chi connectivity index (χ1v) is 23.9. The first-order chi connectivity index (χ1) is 27.2. The second-order valence-electron chi connectivity index (χ2n) is 15.1. The maximum atomic E-state index is 12.6. The molecule has 0 aliphatic rings. The SMILES string of the molecule is CCC/C=C\CCCCCCCC(=O)OCC(COP(=O)(O)OCC(O)CO)OC(=O)CCCCCCCCCCCCC/C=C\C/C=C\CCCCCCC. The van der Waals surface area contributed by atoms with E-state index in [4.69, 9.17) is 19.1 Å². The average molecular weight is 815 g/mol. The van der Waals surface area contributed by atoms with Crippen molar-refractivity contribution in [1.29, 1.82) is 0 Å². The maximum absolute atomic E-state index is 12.6. The van der Waals surface area contributed by atoms with E-state index in [1.165, 1.54) is 89.9 Å². The van der Waals surface area contributed by atoms with Gasteiger partial charge in [0.2, 0.25) is 0 Å². The summed E-state index contributed by atoms with van der Waals surface area (Å²) in [6, 6.07) is 0. The van der Waals surface area contributed by atoms with Crippen LogP contribution in [-0.2, 0) is 32.7 Å². The monoisotopic (exact) mass is 815 g/mol. The smallest absolute Gasteiger partial charge is 0.462 e. The van der Waals surface area contributed by atoms with Crippen LogP contribution >= 0.6 is 7.82 Å². The van der Waals surface area contributed by atoms with Crippen LogP contribution in [0.2, 0.25) is 0 Å². The van der Waals surface area contributed by atoms with E-state index in [2.05, 4.69) is 54.8 Å². The van der Waals surface area contributed by atoms with Crippen molar-refractivity contribution in [2.45, 2.75) is 212 Å². The largest absolute Gasteiger partial charge is 0.472 e. The number of aliphatic hydroxyl groups is 2. The first-order valence-electron chi connectivity index (χ1n) is 22.4. The number of rotatable bonds is 42. The van der Waals surface area contributed by atoms with Crippen molar-refractivity contribution in [2.24, 2.45) is 0 Å². The second-order valence-corrected chi connectivity index (χ2v) is 16.5. The van der Waals surface area contributed by atoms with E-state index < -0.39 is 51.8 Å². The third-order valence-corrected chi connectivity index (χ3v) is 10.4. The summed E-state index contributed by atoms with van der Waals surface area (Å²) in [5.74, 6) is -0.937. The topological polar surface area (TPSA) is 149 Å². The van der Waals surface area contributed by atoms with Gasteiger partial charge in [-0.15, -0.1) is 0 Å². The number of aliphatic hydroxyl groups excluding tert-OH is 2. The molecule has 3 N–H and O–H groups in total. The molecule has 0 aromatic rings. The first kappa shape index (κ1) is 54.2. The zero-order valence-electron chi connectivity index (χ0n) is 35.6. The van der Waals surface area contributed by atoms with Crippen LogP contribution in [0.15, 0.2) is 36.5 Å². The zero-order valence-corrected chi connectivity index (χ0v) is 36.5. The fourth-order valence-electron chi connectivity index (χ4n) is 6.03. The molecular formula is C45H83O10P. The minimum absolute atomic E-state index is 0.180. The summed E-state index contributed by atoms with van der Waals surface area (Å²) in [6.07, 6.45) is 42.7.